The van der Waals surface area contributed by atoms with Gasteiger partial charge in [-0.15, -0.1) is 0 Å². The van der Waals surface area contributed by atoms with E-state index in [9.17, 15) is 5.11 Å². The summed E-state index contributed by atoms with van der Waals surface area (Å²) in [5.74, 6) is 0.263. The lowest BCUT2D eigenvalue weighted by Crippen LogP contribution is -2.23. The summed E-state index contributed by atoms with van der Waals surface area (Å²) in [6.45, 7) is 8.25. The number of unbranched alkanes of at least 4 members (excludes halogenated alkanes) is 3. The molecule has 0 saturated heterocycles. The van der Waals surface area contributed by atoms with Crippen molar-refractivity contribution in [3.8, 4) is 0 Å². The zero-order valence-electron chi connectivity index (χ0n) is 15.4. The van der Waals surface area contributed by atoms with E-state index in [4.69, 9.17) is 0 Å². The third-order valence-electron chi connectivity index (χ3n) is 5.15. The molecule has 0 aliphatic rings. The van der Waals surface area contributed by atoms with Gasteiger partial charge in [0.15, 0.2) is 0 Å². The van der Waals surface area contributed by atoms with Gasteiger partial charge >= 0.3 is 0 Å². The highest BCUT2D eigenvalue weighted by molar-refractivity contribution is 5.86. The number of nitrogens with zero attached hydrogens (tertiary/aromatic N) is 1. The van der Waals surface area contributed by atoms with Crippen LogP contribution in [0.1, 0.15) is 57.4 Å². The molecular formula is C22H33NO. The largest absolute Gasteiger partial charge is 0.396 e. The maximum absolute atomic E-state index is 9.87. The van der Waals surface area contributed by atoms with Crippen LogP contribution in [0.3, 0.4) is 0 Å². The minimum Gasteiger partial charge on any atom is -0.396 e. The van der Waals surface area contributed by atoms with Crippen LogP contribution in [0.25, 0.3) is 10.8 Å². The van der Waals surface area contributed by atoms with E-state index < -0.39 is 0 Å². The normalized spacial score (nSPS) is 12.8. The molecule has 2 aromatic rings. The van der Waals surface area contributed by atoms with Crippen molar-refractivity contribution in [2.24, 2.45) is 0 Å². The third-order valence-corrected chi connectivity index (χ3v) is 5.15. The summed E-state index contributed by atoms with van der Waals surface area (Å²) in [7, 11) is 0. The van der Waals surface area contributed by atoms with Crippen LogP contribution in [0.5, 0.6) is 0 Å². The summed E-state index contributed by atoms with van der Waals surface area (Å²) >= 11 is 0. The van der Waals surface area contributed by atoms with Gasteiger partial charge in [-0.1, -0.05) is 75.6 Å². The van der Waals surface area contributed by atoms with Crippen LogP contribution in [0.2, 0.25) is 0 Å². The zero-order chi connectivity index (χ0) is 17.2. The third kappa shape index (κ3) is 5.32. The van der Waals surface area contributed by atoms with Crippen LogP contribution < -0.4 is 0 Å². The maximum atomic E-state index is 9.87. The Kier molecular flexibility index (Phi) is 8.27. The molecule has 0 bridgehead atoms. The highest BCUT2D eigenvalue weighted by Crippen LogP contribution is 2.29. The maximum Gasteiger partial charge on any atom is 0.0499 e. The number of aliphatic hydroxyl groups is 1. The van der Waals surface area contributed by atoms with E-state index in [1.165, 1.54) is 48.6 Å². The quantitative estimate of drug-likeness (QED) is 0.573. The minimum absolute atomic E-state index is 0.244. The summed E-state index contributed by atoms with van der Waals surface area (Å²) in [6.07, 6.45) is 6.13. The Bertz CT molecular complexity index is 586. The zero-order valence-corrected chi connectivity index (χ0v) is 15.4. The number of fused-ring (bicyclic) bond motifs is 1. The fraction of sp³-hybridized carbons (Fsp3) is 0.545. The molecule has 2 aromatic carbocycles. The van der Waals surface area contributed by atoms with Crippen molar-refractivity contribution in [1.82, 2.24) is 4.90 Å². The van der Waals surface area contributed by atoms with Crippen LogP contribution in [-0.2, 0) is 0 Å². The Balaban J connectivity index is 1.82. The predicted octanol–water partition coefficient (Wildman–Crippen LogP) is 5.21. The summed E-state index contributed by atoms with van der Waals surface area (Å²) < 4.78 is 0. The smallest absolute Gasteiger partial charge is 0.0499 e. The molecule has 0 aliphatic heterocycles. The van der Waals surface area contributed by atoms with Gasteiger partial charge in [0.1, 0.15) is 0 Å². The van der Waals surface area contributed by atoms with Gasteiger partial charge in [0.05, 0.1) is 0 Å². The van der Waals surface area contributed by atoms with E-state index in [0.717, 1.165) is 19.5 Å². The van der Waals surface area contributed by atoms with Gasteiger partial charge < -0.3 is 10.0 Å². The second-order valence-corrected chi connectivity index (χ2v) is 6.68. The molecule has 0 fully saturated rings. The first-order valence-corrected chi connectivity index (χ1v) is 9.61. The molecule has 132 valence electrons. The summed E-state index contributed by atoms with van der Waals surface area (Å²) in [5, 5.41) is 12.4. The van der Waals surface area contributed by atoms with E-state index in [1.807, 2.05) is 0 Å². The molecule has 2 heteroatoms. The average molecular weight is 328 g/mol. The first-order chi connectivity index (χ1) is 11.8. The molecule has 0 spiro atoms. The van der Waals surface area contributed by atoms with Gasteiger partial charge in [0.25, 0.3) is 0 Å². The van der Waals surface area contributed by atoms with Crippen molar-refractivity contribution in [2.75, 3.05) is 26.2 Å². The van der Waals surface area contributed by atoms with Crippen molar-refractivity contribution < 1.29 is 5.11 Å². The van der Waals surface area contributed by atoms with Crippen molar-refractivity contribution in [3.63, 3.8) is 0 Å². The van der Waals surface area contributed by atoms with E-state index in [0.29, 0.717) is 0 Å². The molecule has 0 aromatic heterocycles. The molecule has 1 atom stereocenters. The number of hydrogen-bond donors (Lipinski definition) is 1. The van der Waals surface area contributed by atoms with Crippen molar-refractivity contribution in [1.29, 1.82) is 0 Å². The number of rotatable bonds is 11. The van der Waals surface area contributed by atoms with Crippen molar-refractivity contribution >= 4 is 10.8 Å². The van der Waals surface area contributed by atoms with E-state index in [1.54, 1.807) is 0 Å². The molecular weight excluding hydrogens is 294 g/mol. The number of benzene rings is 2. The Hall–Kier alpha value is -1.38. The average Bonchev–Trinajstić information content (AvgIpc) is 2.64. The Morgan fingerprint density at radius 3 is 2.33 bits per heavy atom. The summed E-state index contributed by atoms with van der Waals surface area (Å²) in [6, 6.07) is 15.0. The molecule has 2 rings (SSSR count). The van der Waals surface area contributed by atoms with E-state index >= 15 is 0 Å². The van der Waals surface area contributed by atoms with Crippen molar-refractivity contribution in [2.45, 2.75) is 51.9 Å². The second-order valence-electron chi connectivity index (χ2n) is 6.68. The monoisotopic (exact) mass is 327 g/mol. The number of hydrogen-bond acceptors (Lipinski definition) is 2. The van der Waals surface area contributed by atoms with Crippen molar-refractivity contribution in [3.05, 3.63) is 48.0 Å². The molecule has 0 saturated carbocycles. The van der Waals surface area contributed by atoms with E-state index in [-0.39, 0.29) is 12.5 Å². The molecule has 0 radical (unpaired) electrons. The fourth-order valence-electron chi connectivity index (χ4n) is 3.57. The Morgan fingerprint density at radius 2 is 1.58 bits per heavy atom. The van der Waals surface area contributed by atoms with Crippen LogP contribution in [0.15, 0.2) is 42.5 Å². The van der Waals surface area contributed by atoms with Crippen LogP contribution >= 0.6 is 0 Å². The molecule has 1 N–H and O–H groups in total. The Labute approximate surface area is 147 Å². The summed E-state index contributed by atoms with van der Waals surface area (Å²) in [5.41, 5.74) is 1.30. The molecule has 2 nitrogen and oxygen atoms in total. The fourth-order valence-corrected chi connectivity index (χ4v) is 3.57. The SMILES string of the molecule is CCN(CC)CCCCCCC(CO)c1cccc2ccccc12. The summed E-state index contributed by atoms with van der Waals surface area (Å²) in [4.78, 5) is 2.49. The standard InChI is InChI=1S/C22H33NO/c1-3-23(4-2)17-10-6-5-7-13-20(18-24)22-16-11-14-19-12-8-9-15-21(19)22/h8-9,11-12,14-16,20,24H,3-7,10,13,17-18H2,1-2H3. The van der Waals surface area contributed by atoms with Crippen LogP contribution in [-0.4, -0.2) is 36.2 Å². The van der Waals surface area contributed by atoms with Gasteiger partial charge in [-0.05, 0) is 48.8 Å². The minimum atomic E-state index is 0.244. The second kappa shape index (κ2) is 10.5. The topological polar surface area (TPSA) is 23.5 Å². The van der Waals surface area contributed by atoms with Crippen LogP contribution in [0, 0.1) is 0 Å². The molecule has 1 unspecified atom stereocenters. The predicted molar refractivity (Wildman–Crippen MR) is 105 cm³/mol. The highest BCUT2D eigenvalue weighted by atomic mass is 16.3. The van der Waals surface area contributed by atoms with E-state index in [2.05, 4.69) is 61.2 Å². The Morgan fingerprint density at radius 1 is 0.875 bits per heavy atom. The lowest BCUT2D eigenvalue weighted by molar-refractivity contribution is 0.256. The first kappa shape index (κ1) is 19.0. The molecule has 24 heavy (non-hydrogen) atoms. The highest BCUT2D eigenvalue weighted by Gasteiger charge is 2.13. The van der Waals surface area contributed by atoms with Crippen LogP contribution in [0.4, 0.5) is 0 Å². The molecule has 0 amide bonds. The first-order valence-electron chi connectivity index (χ1n) is 9.61. The van der Waals surface area contributed by atoms with Gasteiger partial charge in [0, 0.05) is 12.5 Å². The van der Waals surface area contributed by atoms with Gasteiger partial charge in [0.2, 0.25) is 0 Å². The molecule has 0 aliphatic carbocycles. The van der Waals surface area contributed by atoms with Gasteiger partial charge in [-0.2, -0.15) is 0 Å². The lowest BCUT2D eigenvalue weighted by atomic mass is 9.90. The van der Waals surface area contributed by atoms with Gasteiger partial charge in [-0.25, -0.2) is 0 Å². The molecule has 0 heterocycles. The lowest BCUT2D eigenvalue weighted by Gasteiger charge is -2.18. The van der Waals surface area contributed by atoms with Gasteiger partial charge in [-0.3, -0.25) is 0 Å². The number of aliphatic hydroxyl groups excluding tert-OH is 1.